The number of carbonyl (C=O) groups excluding carboxylic acids is 3. The summed E-state index contributed by atoms with van der Waals surface area (Å²) in [7, 11) is 0. The molecule has 2 aliphatic rings. The molecule has 0 spiro atoms. The van der Waals surface area contributed by atoms with E-state index >= 15 is 0 Å². The second kappa shape index (κ2) is 6.82. The molecule has 2 aliphatic heterocycles. The summed E-state index contributed by atoms with van der Waals surface area (Å²) in [5, 5.41) is 1.52. The van der Waals surface area contributed by atoms with E-state index in [0.717, 1.165) is 23.9 Å². The first-order chi connectivity index (χ1) is 12.1. The number of carbonyl (C=O) groups is 3. The Morgan fingerprint density at radius 3 is 2.73 bits per heavy atom. The number of amides is 1. The molecular formula is C16H14F3NO5S. The maximum atomic E-state index is 12.7. The second-order valence-electron chi connectivity index (χ2n) is 5.97. The molecule has 0 aromatic heterocycles. The van der Waals surface area contributed by atoms with Crippen molar-refractivity contribution in [2.24, 2.45) is 0 Å². The van der Waals surface area contributed by atoms with Gasteiger partial charge in [0.1, 0.15) is 6.10 Å². The summed E-state index contributed by atoms with van der Waals surface area (Å²) in [5.74, 6) is -1.97. The van der Waals surface area contributed by atoms with Gasteiger partial charge in [-0.3, -0.25) is 9.59 Å². The Bertz CT molecular complexity index is 767. The number of alkyl halides is 3. The molecule has 1 aromatic rings. The van der Waals surface area contributed by atoms with E-state index in [-0.39, 0.29) is 24.6 Å². The number of anilines is 1. The molecule has 0 aliphatic carbocycles. The zero-order valence-corrected chi connectivity index (χ0v) is 14.3. The van der Waals surface area contributed by atoms with Crippen molar-refractivity contribution < 1.29 is 37.0 Å². The van der Waals surface area contributed by atoms with Crippen molar-refractivity contribution >= 4 is 35.3 Å². The number of hydrogen-bond acceptors (Lipinski definition) is 6. The van der Waals surface area contributed by atoms with Crippen molar-refractivity contribution in [2.45, 2.75) is 48.3 Å². The van der Waals surface area contributed by atoms with Gasteiger partial charge in [-0.05, 0) is 25.1 Å². The molecule has 10 heteroatoms. The third-order valence-corrected chi connectivity index (χ3v) is 5.15. The van der Waals surface area contributed by atoms with E-state index in [2.05, 4.69) is 5.32 Å². The quantitative estimate of drug-likeness (QED) is 0.801. The summed E-state index contributed by atoms with van der Waals surface area (Å²) in [6.45, 7) is 1.67. The topological polar surface area (TPSA) is 81.7 Å². The van der Waals surface area contributed by atoms with Gasteiger partial charge in [-0.2, -0.15) is 13.2 Å². The highest BCUT2D eigenvalue weighted by Crippen LogP contribution is 2.40. The van der Waals surface area contributed by atoms with Crippen molar-refractivity contribution in [1.29, 1.82) is 0 Å². The Morgan fingerprint density at radius 1 is 1.38 bits per heavy atom. The van der Waals surface area contributed by atoms with E-state index in [9.17, 15) is 27.6 Å². The zero-order chi connectivity index (χ0) is 19.1. The SMILES string of the molecule is CC1CC(OC(=O)CC2Sc3ccc(C(F)(F)F)cc3NC2=O)C(=O)O1. The number of rotatable bonds is 3. The molecule has 0 bridgehead atoms. The lowest BCUT2D eigenvalue weighted by atomic mass is 10.1. The van der Waals surface area contributed by atoms with E-state index in [1.807, 2.05) is 0 Å². The number of hydrogen-bond donors (Lipinski definition) is 1. The monoisotopic (exact) mass is 389 g/mol. The summed E-state index contributed by atoms with van der Waals surface area (Å²) in [6, 6.07) is 3.01. The highest BCUT2D eigenvalue weighted by atomic mass is 32.2. The van der Waals surface area contributed by atoms with Crippen molar-refractivity contribution in [2.75, 3.05) is 5.32 Å². The first kappa shape index (κ1) is 18.6. The molecule has 0 saturated carbocycles. The van der Waals surface area contributed by atoms with Gasteiger partial charge in [0, 0.05) is 11.3 Å². The Hall–Kier alpha value is -2.23. The second-order valence-corrected chi connectivity index (χ2v) is 7.21. The van der Waals surface area contributed by atoms with E-state index in [1.54, 1.807) is 6.92 Å². The minimum absolute atomic E-state index is 0.0487. The summed E-state index contributed by atoms with van der Waals surface area (Å²) in [5.41, 5.74) is -0.823. The molecule has 1 saturated heterocycles. The van der Waals surface area contributed by atoms with Crippen LogP contribution in [-0.4, -0.2) is 35.3 Å². The standard InChI is InChI=1S/C16H14F3NO5S/c1-7-4-10(15(23)24-7)25-13(21)6-12-14(22)20-9-5-8(16(17,18)19)2-3-11(9)26-12/h2-3,5,7,10,12H,4,6H2,1H3,(H,20,22). The lowest BCUT2D eigenvalue weighted by Gasteiger charge is -2.24. The first-order valence-electron chi connectivity index (χ1n) is 7.72. The fourth-order valence-electron chi connectivity index (χ4n) is 2.64. The minimum Gasteiger partial charge on any atom is -0.460 e. The molecule has 26 heavy (non-hydrogen) atoms. The normalized spacial score (nSPS) is 25.3. The molecule has 1 aromatic carbocycles. The van der Waals surface area contributed by atoms with Crippen LogP contribution in [0.4, 0.5) is 18.9 Å². The molecule has 1 amide bonds. The highest BCUT2D eigenvalue weighted by Gasteiger charge is 2.37. The van der Waals surface area contributed by atoms with Gasteiger partial charge in [-0.25, -0.2) is 4.79 Å². The molecule has 1 N–H and O–H groups in total. The average molecular weight is 389 g/mol. The number of fused-ring (bicyclic) bond motifs is 1. The van der Waals surface area contributed by atoms with Gasteiger partial charge in [0.15, 0.2) is 0 Å². The van der Waals surface area contributed by atoms with Crippen LogP contribution in [0.5, 0.6) is 0 Å². The summed E-state index contributed by atoms with van der Waals surface area (Å²) >= 11 is 0.976. The van der Waals surface area contributed by atoms with Gasteiger partial charge in [0.05, 0.1) is 22.9 Å². The van der Waals surface area contributed by atoms with Crippen molar-refractivity contribution in [3.63, 3.8) is 0 Å². The van der Waals surface area contributed by atoms with Crippen molar-refractivity contribution in [3.8, 4) is 0 Å². The van der Waals surface area contributed by atoms with Crippen LogP contribution in [0.1, 0.15) is 25.3 Å². The van der Waals surface area contributed by atoms with Crippen LogP contribution in [0.15, 0.2) is 23.1 Å². The van der Waals surface area contributed by atoms with E-state index < -0.39 is 40.9 Å². The fraction of sp³-hybridized carbons (Fsp3) is 0.438. The van der Waals surface area contributed by atoms with Crippen LogP contribution in [0.2, 0.25) is 0 Å². The van der Waals surface area contributed by atoms with Gasteiger partial charge < -0.3 is 14.8 Å². The molecule has 1 fully saturated rings. The number of thioether (sulfide) groups is 1. The Balaban J connectivity index is 1.65. The smallest absolute Gasteiger partial charge is 0.416 e. The largest absolute Gasteiger partial charge is 0.460 e. The van der Waals surface area contributed by atoms with Crippen LogP contribution in [0.25, 0.3) is 0 Å². The Labute approximate surface area is 150 Å². The first-order valence-corrected chi connectivity index (χ1v) is 8.60. The van der Waals surface area contributed by atoms with Crippen molar-refractivity contribution in [3.05, 3.63) is 23.8 Å². The Morgan fingerprint density at radius 2 is 2.12 bits per heavy atom. The predicted octanol–water partition coefficient (Wildman–Crippen LogP) is 2.76. The maximum absolute atomic E-state index is 12.7. The molecule has 0 radical (unpaired) electrons. The maximum Gasteiger partial charge on any atom is 0.416 e. The minimum atomic E-state index is -4.52. The molecule has 140 valence electrons. The average Bonchev–Trinajstić information content (AvgIpc) is 2.84. The summed E-state index contributed by atoms with van der Waals surface area (Å²) < 4.78 is 48.1. The molecule has 2 heterocycles. The van der Waals surface area contributed by atoms with Crippen LogP contribution in [0.3, 0.4) is 0 Å². The number of nitrogens with one attached hydrogen (secondary N) is 1. The lowest BCUT2D eigenvalue weighted by Crippen LogP contribution is -2.33. The van der Waals surface area contributed by atoms with Crippen molar-refractivity contribution in [1.82, 2.24) is 0 Å². The fourth-order valence-corrected chi connectivity index (χ4v) is 3.71. The van der Waals surface area contributed by atoms with Crippen LogP contribution in [0, 0.1) is 0 Å². The number of esters is 2. The highest BCUT2D eigenvalue weighted by molar-refractivity contribution is 8.01. The number of halogens is 3. The zero-order valence-electron chi connectivity index (χ0n) is 13.5. The third kappa shape index (κ3) is 3.95. The molecule has 3 rings (SSSR count). The predicted molar refractivity (Wildman–Crippen MR) is 84.4 cm³/mol. The number of benzene rings is 1. The molecule has 3 atom stereocenters. The van der Waals surface area contributed by atoms with Gasteiger partial charge in [-0.15, -0.1) is 11.8 Å². The summed E-state index contributed by atoms with van der Waals surface area (Å²) in [6.07, 6.45) is -5.91. The number of cyclic esters (lactones) is 1. The van der Waals surface area contributed by atoms with Gasteiger partial charge in [0.2, 0.25) is 12.0 Å². The Kier molecular flexibility index (Phi) is 4.87. The van der Waals surface area contributed by atoms with Gasteiger partial charge >= 0.3 is 18.1 Å². The van der Waals surface area contributed by atoms with Crippen LogP contribution < -0.4 is 5.32 Å². The van der Waals surface area contributed by atoms with Gasteiger partial charge in [-0.1, -0.05) is 0 Å². The molecule has 3 unspecified atom stereocenters. The lowest BCUT2D eigenvalue weighted by molar-refractivity contribution is -0.161. The van der Waals surface area contributed by atoms with Crippen LogP contribution in [-0.2, 0) is 30.0 Å². The van der Waals surface area contributed by atoms with Gasteiger partial charge in [0.25, 0.3) is 0 Å². The third-order valence-electron chi connectivity index (χ3n) is 3.88. The molecule has 6 nitrogen and oxygen atoms in total. The summed E-state index contributed by atoms with van der Waals surface area (Å²) in [4.78, 5) is 36.0. The van der Waals surface area contributed by atoms with E-state index in [1.165, 1.54) is 6.07 Å². The van der Waals surface area contributed by atoms with Crippen LogP contribution >= 0.6 is 11.8 Å². The molecular weight excluding hydrogens is 375 g/mol. The van der Waals surface area contributed by atoms with E-state index in [0.29, 0.717) is 4.90 Å². The van der Waals surface area contributed by atoms with E-state index in [4.69, 9.17) is 9.47 Å². The number of ether oxygens (including phenoxy) is 2.